The average Bonchev–Trinajstić information content (AvgIpc) is 3.32. The molecule has 5 aromatic rings. The zero-order valence-electron chi connectivity index (χ0n) is 42.5. The molecule has 71 heavy (non-hydrogen) atoms. The van der Waals surface area contributed by atoms with Crippen molar-refractivity contribution in [1.29, 1.82) is 0 Å². The van der Waals surface area contributed by atoms with E-state index >= 15 is 4.39 Å². The van der Waals surface area contributed by atoms with Crippen molar-refractivity contribution >= 4 is 72.2 Å². The molecule has 1 heterocycles. The van der Waals surface area contributed by atoms with Gasteiger partial charge in [-0.1, -0.05) is 91.0 Å². The van der Waals surface area contributed by atoms with Crippen LogP contribution in [0.15, 0.2) is 88.1 Å². The Hall–Kier alpha value is -6.17. The number of carbonyl (C=O) groups excluding carboxylic acids is 3. The highest BCUT2D eigenvalue weighted by Crippen LogP contribution is 2.42. The van der Waals surface area contributed by atoms with E-state index < -0.39 is 51.1 Å². The van der Waals surface area contributed by atoms with Crippen LogP contribution in [0.3, 0.4) is 0 Å². The topological polar surface area (TPSA) is 205 Å². The van der Waals surface area contributed by atoms with E-state index in [0.717, 1.165) is 69.9 Å². The highest BCUT2D eigenvalue weighted by molar-refractivity contribution is 7.86. The Kier molecular flexibility index (Phi) is 21.7. The van der Waals surface area contributed by atoms with Crippen LogP contribution < -0.4 is 26.3 Å². The maximum absolute atomic E-state index is 15.1. The van der Waals surface area contributed by atoms with Crippen LogP contribution in [-0.2, 0) is 28.8 Å². The lowest BCUT2D eigenvalue weighted by Gasteiger charge is -2.43. The van der Waals surface area contributed by atoms with Crippen LogP contribution >= 0.6 is 0 Å². The normalized spacial score (nSPS) is 12.1. The van der Waals surface area contributed by atoms with E-state index in [1.807, 2.05) is 44.1 Å². The molecule has 1 unspecified atom stereocenters. The van der Waals surface area contributed by atoms with Crippen molar-refractivity contribution in [2.75, 3.05) is 44.4 Å². The molecule has 0 aliphatic carbocycles. The molecule has 4 N–H and O–H groups in total. The number of carboxylic acid groups (broad SMARTS) is 1. The van der Waals surface area contributed by atoms with Crippen molar-refractivity contribution in [1.82, 2.24) is 21.0 Å². The number of nitrogens with zero attached hydrogens (tertiary/aromatic N) is 2. The zero-order valence-corrected chi connectivity index (χ0v) is 43.4. The fourth-order valence-corrected chi connectivity index (χ4v) is 9.81. The number of benzene rings is 4. The number of anilines is 1. The summed E-state index contributed by atoms with van der Waals surface area (Å²) in [4.78, 5) is 62.0. The molecule has 3 amide bonds. The average molecular weight is 1000 g/mol. The van der Waals surface area contributed by atoms with E-state index in [-0.39, 0.29) is 28.8 Å². The van der Waals surface area contributed by atoms with E-state index in [9.17, 15) is 37.5 Å². The molecule has 0 saturated carbocycles. The van der Waals surface area contributed by atoms with Gasteiger partial charge in [-0.2, -0.15) is 17.8 Å². The number of carbonyl (C=O) groups is 4. The first kappa shape index (κ1) is 57.4. The standard InChI is InChI=1S/C28H54N4O6S.C26H18FNO4/c1-8-12-17-28(16-11-4,18-13-9-2)32(21-14-10-3)38-39(36,37)22-25(31-24(7)33)27(35)30-20-15-19-29-26(34)23(5)6;1-28(2)14-7-9-19-23(11-14)32-25-17-10-8-15(29)12-20(17)22(27)13-21(25)24(19)16-5-3-4-6-18(16)26(30)31/h25H,5,8-22H2,1-4,6-7H3,(H,29,34)(H,30,35)(H,31,33);3-13H,1-2H3,(H,30,31). The highest BCUT2D eigenvalue weighted by atomic mass is 32.2. The lowest BCUT2D eigenvalue weighted by molar-refractivity contribution is -0.153. The number of amides is 3. The predicted octanol–water partition coefficient (Wildman–Crippen LogP) is 9.64. The molecular formula is C54H72FN5O10S. The van der Waals surface area contributed by atoms with E-state index in [2.05, 4.69) is 43.3 Å². The van der Waals surface area contributed by atoms with Gasteiger partial charge in [-0.05, 0) is 87.1 Å². The third-order valence-corrected chi connectivity index (χ3v) is 13.4. The smallest absolute Gasteiger partial charge is 0.336 e. The summed E-state index contributed by atoms with van der Waals surface area (Å²) in [6, 6.07) is 16.4. The minimum absolute atomic E-state index is 0.105. The summed E-state index contributed by atoms with van der Waals surface area (Å²) in [5.41, 5.74) is 2.61. The van der Waals surface area contributed by atoms with Crippen molar-refractivity contribution in [2.45, 2.75) is 124 Å². The van der Waals surface area contributed by atoms with Gasteiger partial charge >= 0.3 is 5.97 Å². The lowest BCUT2D eigenvalue weighted by atomic mass is 9.82. The van der Waals surface area contributed by atoms with E-state index in [4.69, 9.17) is 8.70 Å². The van der Waals surface area contributed by atoms with Gasteiger partial charge in [0.2, 0.25) is 17.7 Å². The van der Waals surface area contributed by atoms with Crippen LogP contribution in [0, 0.1) is 5.82 Å². The van der Waals surface area contributed by atoms with Crippen molar-refractivity contribution < 1.29 is 45.8 Å². The van der Waals surface area contributed by atoms with Gasteiger partial charge in [-0.15, -0.1) is 0 Å². The first-order valence-electron chi connectivity index (χ1n) is 24.5. The molecule has 1 aromatic heterocycles. The second-order valence-corrected chi connectivity index (χ2v) is 19.8. The Balaban J connectivity index is 0.000000312. The highest BCUT2D eigenvalue weighted by Gasteiger charge is 2.39. The number of rotatable bonds is 26. The van der Waals surface area contributed by atoms with Gasteiger partial charge in [0.25, 0.3) is 10.1 Å². The van der Waals surface area contributed by atoms with Gasteiger partial charge in [-0.3, -0.25) is 19.2 Å². The third-order valence-electron chi connectivity index (χ3n) is 12.2. The number of nitrogens with one attached hydrogen (secondary N) is 3. The molecular weight excluding hydrogens is 930 g/mol. The number of unbranched alkanes of at least 4 members (excludes halogenated alkanes) is 3. The summed E-state index contributed by atoms with van der Waals surface area (Å²) >= 11 is 0. The molecule has 0 radical (unpaired) electrons. The number of hydrogen-bond acceptors (Lipinski definition) is 11. The number of hydroxylamine groups is 2. The summed E-state index contributed by atoms with van der Waals surface area (Å²) in [7, 11) is -0.413. The number of halogens is 1. The van der Waals surface area contributed by atoms with Crippen LogP contribution in [0.4, 0.5) is 10.1 Å². The zero-order chi connectivity index (χ0) is 52.5. The minimum Gasteiger partial charge on any atom is -0.478 e. The maximum Gasteiger partial charge on any atom is 0.336 e. The Bertz CT molecular complexity index is 2840. The van der Waals surface area contributed by atoms with Crippen LogP contribution in [0.1, 0.15) is 123 Å². The number of hydrogen-bond donors (Lipinski definition) is 4. The van der Waals surface area contributed by atoms with E-state index in [0.29, 0.717) is 63.5 Å². The second kappa shape index (κ2) is 26.9. The molecule has 17 heteroatoms. The summed E-state index contributed by atoms with van der Waals surface area (Å²) in [6.07, 6.45) is 9.35. The summed E-state index contributed by atoms with van der Waals surface area (Å²) in [6.45, 7) is 15.8. The SMILES string of the molecule is C=C(C)C(=O)NCCCNC(=O)C(CS(=O)(=O)ON(CCCC)C(CCC)(CCCC)CCCC)NC(C)=O.CN(C)c1ccc2c(-c3ccccc3C(=O)O)c3cc(F)c4cc(=O)ccc4c3oc2c1. The quantitative estimate of drug-likeness (QED) is 0.0134. The molecule has 0 aliphatic heterocycles. The van der Waals surface area contributed by atoms with Crippen molar-refractivity contribution in [3.63, 3.8) is 0 Å². The largest absolute Gasteiger partial charge is 0.478 e. The van der Waals surface area contributed by atoms with Crippen LogP contribution in [-0.4, -0.2) is 93.3 Å². The summed E-state index contributed by atoms with van der Waals surface area (Å²) in [5.74, 6) is -3.75. The molecule has 15 nitrogen and oxygen atoms in total. The molecule has 0 spiro atoms. The first-order chi connectivity index (χ1) is 33.7. The van der Waals surface area contributed by atoms with E-state index in [1.54, 1.807) is 36.3 Å². The Morgan fingerprint density at radius 2 is 1.45 bits per heavy atom. The minimum atomic E-state index is -4.22. The monoisotopic (exact) mass is 1000 g/mol. The van der Waals surface area contributed by atoms with Gasteiger partial charge in [0.05, 0.1) is 5.56 Å². The predicted molar refractivity (Wildman–Crippen MR) is 280 cm³/mol. The number of fused-ring (bicyclic) bond motifs is 4. The number of carboxylic acids is 1. The molecule has 1 atom stereocenters. The van der Waals surface area contributed by atoms with Gasteiger partial charge in [0.1, 0.15) is 28.8 Å². The second-order valence-electron chi connectivity index (χ2n) is 18.2. The molecule has 5 rings (SSSR count). The van der Waals surface area contributed by atoms with Crippen LogP contribution in [0.5, 0.6) is 0 Å². The maximum atomic E-state index is 15.1. The lowest BCUT2D eigenvalue weighted by Crippen LogP contribution is -2.53. The molecule has 0 aliphatic rings. The number of aromatic carboxylic acids is 1. The van der Waals surface area contributed by atoms with Gasteiger partial charge in [0.15, 0.2) is 5.43 Å². The molecule has 0 saturated heterocycles. The first-order valence-corrected chi connectivity index (χ1v) is 26.1. The Morgan fingerprint density at radius 1 is 0.803 bits per heavy atom. The molecule has 0 fully saturated rings. The summed E-state index contributed by atoms with van der Waals surface area (Å²) < 4.78 is 53.9. The Morgan fingerprint density at radius 3 is 2.06 bits per heavy atom. The molecule has 4 aromatic carbocycles. The van der Waals surface area contributed by atoms with Gasteiger partial charge in [0, 0.05) is 90.6 Å². The van der Waals surface area contributed by atoms with Crippen molar-refractivity contribution in [3.05, 3.63) is 100 Å². The van der Waals surface area contributed by atoms with Crippen molar-refractivity contribution in [3.8, 4) is 11.1 Å². The van der Waals surface area contributed by atoms with Crippen LogP contribution in [0.2, 0.25) is 0 Å². The fraction of sp³-hybridized carbons (Fsp3) is 0.463. The Labute approximate surface area is 417 Å². The third kappa shape index (κ3) is 15.7. The van der Waals surface area contributed by atoms with Gasteiger partial charge < -0.3 is 30.4 Å². The molecule has 0 bridgehead atoms. The summed E-state index contributed by atoms with van der Waals surface area (Å²) in [5, 5.41) is 21.0. The van der Waals surface area contributed by atoms with E-state index in [1.165, 1.54) is 31.2 Å². The fourth-order valence-electron chi connectivity index (χ4n) is 8.60. The van der Waals surface area contributed by atoms with Gasteiger partial charge in [-0.25, -0.2) is 9.18 Å². The molecule has 386 valence electrons. The van der Waals surface area contributed by atoms with Crippen LogP contribution in [0.25, 0.3) is 43.8 Å². The van der Waals surface area contributed by atoms with Crippen molar-refractivity contribution in [2.24, 2.45) is 0 Å².